The van der Waals surface area contributed by atoms with Gasteiger partial charge in [0.25, 0.3) is 5.69 Å². The maximum Gasteiger partial charge on any atom is 0.271 e. The van der Waals surface area contributed by atoms with Gasteiger partial charge in [0.2, 0.25) is 21.8 Å². The molecule has 224 valence electrons. The van der Waals surface area contributed by atoms with E-state index in [9.17, 15) is 28.1 Å². The van der Waals surface area contributed by atoms with Gasteiger partial charge in [-0.3, -0.25) is 24.0 Å². The number of nitrogens with one attached hydrogen (secondary N) is 1. The number of nitrogens with zero attached hydrogens (tertiary/aromatic N) is 3. The molecule has 0 radical (unpaired) electrons. The molecule has 0 spiro atoms. The topological polar surface area (TPSA) is 130 Å². The first-order chi connectivity index (χ1) is 19.8. The van der Waals surface area contributed by atoms with Crippen LogP contribution in [0.15, 0.2) is 72.8 Å². The largest absolute Gasteiger partial charge is 0.352 e. The first kappa shape index (κ1) is 32.8. The van der Waals surface area contributed by atoms with Gasteiger partial charge in [-0.1, -0.05) is 72.6 Å². The summed E-state index contributed by atoms with van der Waals surface area (Å²) in [6.45, 7) is 2.91. The average Bonchev–Trinajstić information content (AvgIpc) is 2.94. The Hall–Kier alpha value is -3.67. The van der Waals surface area contributed by atoms with E-state index in [1.54, 1.807) is 12.1 Å². The molecule has 42 heavy (non-hydrogen) atoms. The molecule has 2 atom stereocenters. The van der Waals surface area contributed by atoms with E-state index in [4.69, 9.17) is 23.2 Å². The lowest BCUT2D eigenvalue weighted by atomic mass is 10.0. The average molecular weight is 636 g/mol. The van der Waals surface area contributed by atoms with Gasteiger partial charge in [-0.25, -0.2) is 8.42 Å². The summed E-state index contributed by atoms with van der Waals surface area (Å²) >= 11 is 12.5. The van der Waals surface area contributed by atoms with E-state index in [2.05, 4.69) is 5.32 Å². The van der Waals surface area contributed by atoms with Crippen molar-refractivity contribution in [2.75, 3.05) is 17.1 Å². The number of benzene rings is 3. The number of rotatable bonds is 13. The Bertz CT molecular complexity index is 1540. The summed E-state index contributed by atoms with van der Waals surface area (Å²) in [6, 6.07) is 17.6. The van der Waals surface area contributed by atoms with E-state index in [0.717, 1.165) is 22.2 Å². The molecule has 0 aromatic heterocycles. The number of amides is 2. The molecule has 13 heteroatoms. The SMILES string of the molecule is CC[C@@H](C)NC(=O)[C@H](Cc1ccccc1)N(Cc1ccc(Cl)cc1Cl)C(=O)CN(c1cccc([N+](=O)[O-])c1)S(C)(=O)=O. The van der Waals surface area contributed by atoms with Gasteiger partial charge in [0, 0.05) is 41.2 Å². The lowest BCUT2D eigenvalue weighted by Crippen LogP contribution is -2.54. The highest BCUT2D eigenvalue weighted by atomic mass is 35.5. The van der Waals surface area contributed by atoms with E-state index in [0.29, 0.717) is 17.0 Å². The Morgan fingerprint density at radius 3 is 2.31 bits per heavy atom. The summed E-state index contributed by atoms with van der Waals surface area (Å²) in [7, 11) is -4.08. The van der Waals surface area contributed by atoms with Crippen molar-refractivity contribution in [3.8, 4) is 0 Å². The molecular formula is C29H32Cl2N4O6S. The highest BCUT2D eigenvalue weighted by Crippen LogP contribution is 2.26. The molecule has 0 unspecified atom stereocenters. The maximum absolute atomic E-state index is 14.1. The van der Waals surface area contributed by atoms with E-state index in [-0.39, 0.29) is 35.4 Å². The quantitative estimate of drug-likeness (QED) is 0.203. The first-order valence-electron chi connectivity index (χ1n) is 13.1. The lowest BCUT2D eigenvalue weighted by Gasteiger charge is -2.34. The molecule has 0 saturated carbocycles. The van der Waals surface area contributed by atoms with Crippen LogP contribution in [0.4, 0.5) is 11.4 Å². The Labute approximate surface area is 255 Å². The van der Waals surface area contributed by atoms with E-state index in [1.165, 1.54) is 29.2 Å². The molecule has 0 saturated heterocycles. The fourth-order valence-electron chi connectivity index (χ4n) is 4.20. The van der Waals surface area contributed by atoms with Crippen molar-refractivity contribution < 1.29 is 22.9 Å². The minimum absolute atomic E-state index is 0.0619. The molecular weight excluding hydrogens is 603 g/mol. The van der Waals surface area contributed by atoms with Crippen LogP contribution < -0.4 is 9.62 Å². The molecule has 0 aliphatic carbocycles. The smallest absolute Gasteiger partial charge is 0.271 e. The van der Waals surface area contributed by atoms with Crippen LogP contribution in [0.1, 0.15) is 31.4 Å². The summed E-state index contributed by atoms with van der Waals surface area (Å²) in [4.78, 5) is 39.8. The summed E-state index contributed by atoms with van der Waals surface area (Å²) < 4.78 is 26.5. The molecule has 3 aromatic carbocycles. The van der Waals surface area contributed by atoms with E-state index < -0.39 is 39.3 Å². The number of sulfonamides is 1. The fourth-order valence-corrected chi connectivity index (χ4v) is 5.51. The van der Waals surface area contributed by atoms with Crippen molar-refractivity contribution >= 4 is 56.4 Å². The van der Waals surface area contributed by atoms with Crippen molar-refractivity contribution in [2.24, 2.45) is 0 Å². The Morgan fingerprint density at radius 2 is 1.71 bits per heavy atom. The van der Waals surface area contributed by atoms with Gasteiger partial charge in [0.15, 0.2) is 0 Å². The van der Waals surface area contributed by atoms with Crippen LogP contribution in [0.5, 0.6) is 0 Å². The second kappa shape index (κ2) is 14.5. The monoisotopic (exact) mass is 634 g/mol. The van der Waals surface area contributed by atoms with Gasteiger partial charge >= 0.3 is 0 Å². The second-order valence-electron chi connectivity index (χ2n) is 9.83. The van der Waals surface area contributed by atoms with Crippen LogP contribution in [-0.2, 0) is 32.6 Å². The minimum Gasteiger partial charge on any atom is -0.352 e. The molecule has 3 rings (SSSR count). The Morgan fingerprint density at radius 1 is 1.02 bits per heavy atom. The van der Waals surface area contributed by atoms with Gasteiger partial charge in [0.1, 0.15) is 12.6 Å². The van der Waals surface area contributed by atoms with Crippen molar-refractivity contribution in [2.45, 2.75) is 45.3 Å². The molecule has 10 nitrogen and oxygen atoms in total. The molecule has 0 heterocycles. The zero-order chi connectivity index (χ0) is 31.0. The minimum atomic E-state index is -4.08. The van der Waals surface area contributed by atoms with Crippen molar-refractivity contribution in [3.63, 3.8) is 0 Å². The molecule has 3 aromatic rings. The number of nitro groups is 1. The van der Waals surface area contributed by atoms with E-state index >= 15 is 0 Å². The van der Waals surface area contributed by atoms with E-state index in [1.807, 2.05) is 44.2 Å². The third-order valence-electron chi connectivity index (χ3n) is 6.64. The zero-order valence-corrected chi connectivity index (χ0v) is 25.7. The van der Waals surface area contributed by atoms with Gasteiger partial charge in [-0.05, 0) is 42.7 Å². The van der Waals surface area contributed by atoms with Crippen molar-refractivity contribution in [3.05, 3.63) is 104 Å². The third kappa shape index (κ3) is 8.91. The number of hydrogen-bond donors (Lipinski definition) is 1. The first-order valence-corrected chi connectivity index (χ1v) is 15.7. The summed E-state index contributed by atoms with van der Waals surface area (Å²) in [5, 5.41) is 14.9. The summed E-state index contributed by atoms with van der Waals surface area (Å²) in [6.07, 6.45) is 1.68. The predicted molar refractivity (Wildman–Crippen MR) is 164 cm³/mol. The fraction of sp³-hybridized carbons (Fsp3) is 0.310. The number of nitro benzene ring substituents is 1. The number of anilines is 1. The highest BCUT2D eigenvalue weighted by Gasteiger charge is 2.34. The Kier molecular flexibility index (Phi) is 11.3. The van der Waals surface area contributed by atoms with Crippen LogP contribution in [0.3, 0.4) is 0 Å². The molecule has 0 aliphatic heterocycles. The zero-order valence-electron chi connectivity index (χ0n) is 23.4. The predicted octanol–water partition coefficient (Wildman–Crippen LogP) is 5.22. The van der Waals surface area contributed by atoms with Gasteiger partial charge in [-0.15, -0.1) is 0 Å². The molecule has 2 amide bonds. The number of carbonyl (C=O) groups excluding carboxylic acids is 2. The maximum atomic E-state index is 14.1. The highest BCUT2D eigenvalue weighted by molar-refractivity contribution is 7.92. The second-order valence-corrected chi connectivity index (χ2v) is 12.6. The van der Waals surface area contributed by atoms with Crippen LogP contribution >= 0.6 is 23.2 Å². The number of carbonyl (C=O) groups is 2. The molecule has 0 bridgehead atoms. The summed E-state index contributed by atoms with van der Waals surface area (Å²) in [5.74, 6) is -1.13. The van der Waals surface area contributed by atoms with Crippen LogP contribution in [0, 0.1) is 10.1 Å². The number of non-ortho nitro benzene ring substituents is 1. The van der Waals surface area contributed by atoms with Crippen LogP contribution in [0.25, 0.3) is 0 Å². The van der Waals surface area contributed by atoms with Crippen molar-refractivity contribution in [1.82, 2.24) is 10.2 Å². The lowest BCUT2D eigenvalue weighted by molar-refractivity contribution is -0.384. The molecule has 0 fully saturated rings. The number of hydrogen-bond acceptors (Lipinski definition) is 6. The number of halogens is 2. The van der Waals surface area contributed by atoms with Gasteiger partial charge in [-0.2, -0.15) is 0 Å². The molecule has 0 aliphatic rings. The van der Waals surface area contributed by atoms with Gasteiger partial charge in [0.05, 0.1) is 16.9 Å². The summed E-state index contributed by atoms with van der Waals surface area (Å²) in [5.41, 5.74) is 0.868. The van der Waals surface area contributed by atoms with Crippen LogP contribution in [-0.4, -0.2) is 54.9 Å². The standard InChI is InChI=1S/C29H32Cl2N4O6S/c1-4-20(2)32-29(37)27(15-21-9-6-5-7-10-21)33(18-22-13-14-23(30)16-26(22)31)28(36)19-34(42(3,40)41)24-11-8-12-25(17-24)35(38)39/h5-14,16-17,20,27H,4,15,18-19H2,1-3H3,(H,32,37)/t20-,27+/m1/s1. The normalized spacial score (nSPS) is 12.7. The van der Waals surface area contributed by atoms with Crippen LogP contribution in [0.2, 0.25) is 10.0 Å². The Balaban J connectivity index is 2.11. The van der Waals surface area contributed by atoms with Gasteiger partial charge < -0.3 is 10.2 Å². The van der Waals surface area contributed by atoms with Crippen molar-refractivity contribution in [1.29, 1.82) is 0 Å². The molecule has 1 N–H and O–H groups in total. The third-order valence-corrected chi connectivity index (χ3v) is 8.36.